The first-order valence-corrected chi connectivity index (χ1v) is 18.7. The fourth-order valence-electron chi connectivity index (χ4n) is 11.3. The van der Waals surface area contributed by atoms with E-state index in [0.717, 1.165) is 48.0 Å². The molecular formula is C39H59N3O4. The number of nitrogens with one attached hydrogen (secondary N) is 2. The Balaban J connectivity index is 0.972. The first kappa shape index (κ1) is 33.5. The van der Waals surface area contributed by atoms with E-state index in [4.69, 9.17) is 0 Å². The monoisotopic (exact) mass is 633 g/mol. The van der Waals surface area contributed by atoms with Gasteiger partial charge in [-0.3, -0.25) is 19.2 Å². The van der Waals surface area contributed by atoms with Crippen molar-refractivity contribution in [1.82, 2.24) is 15.5 Å². The third kappa shape index (κ3) is 6.38. The maximum atomic E-state index is 12.9. The third-order valence-electron chi connectivity index (χ3n) is 13.7. The summed E-state index contributed by atoms with van der Waals surface area (Å²) < 4.78 is 0. The van der Waals surface area contributed by atoms with E-state index in [1.807, 2.05) is 25.7 Å². The predicted molar refractivity (Wildman–Crippen MR) is 180 cm³/mol. The first-order chi connectivity index (χ1) is 21.8. The number of allylic oxidation sites excluding steroid dienone is 3. The molecule has 2 amide bonds. The molecule has 7 heteroatoms. The van der Waals surface area contributed by atoms with Gasteiger partial charge in [-0.15, -0.1) is 0 Å². The van der Waals surface area contributed by atoms with Crippen molar-refractivity contribution in [3.8, 4) is 0 Å². The molecule has 8 atom stereocenters. The van der Waals surface area contributed by atoms with Crippen LogP contribution in [0.25, 0.3) is 0 Å². The second kappa shape index (κ2) is 12.9. The Kier molecular flexibility index (Phi) is 9.37. The number of amides is 2. The third-order valence-corrected chi connectivity index (χ3v) is 13.7. The number of nitrogens with zero attached hydrogens (tertiary/aromatic N) is 1. The van der Waals surface area contributed by atoms with Gasteiger partial charge in [0.2, 0.25) is 23.4 Å². The highest BCUT2D eigenvalue weighted by atomic mass is 16.2. The highest BCUT2D eigenvalue weighted by Crippen LogP contribution is 2.67. The van der Waals surface area contributed by atoms with E-state index < -0.39 is 11.6 Å². The van der Waals surface area contributed by atoms with E-state index >= 15 is 0 Å². The minimum absolute atomic E-state index is 0.0580. The largest absolute Gasteiger partial charge is 0.359 e. The number of hydrogen-bond acceptors (Lipinski definition) is 5. The summed E-state index contributed by atoms with van der Waals surface area (Å²) in [5, 5.41) is 6.10. The number of ketones is 2. The molecule has 5 unspecified atom stereocenters. The molecule has 6 aliphatic rings. The van der Waals surface area contributed by atoms with Crippen LogP contribution in [0.2, 0.25) is 0 Å². The summed E-state index contributed by atoms with van der Waals surface area (Å²) in [7, 11) is 0. The molecule has 5 aliphatic carbocycles. The molecule has 1 aliphatic heterocycles. The van der Waals surface area contributed by atoms with Crippen LogP contribution in [-0.2, 0) is 19.2 Å². The van der Waals surface area contributed by atoms with Crippen LogP contribution in [0.1, 0.15) is 131 Å². The Morgan fingerprint density at radius 3 is 2.39 bits per heavy atom. The zero-order chi connectivity index (χ0) is 32.9. The zero-order valence-corrected chi connectivity index (χ0v) is 29.2. The maximum Gasteiger partial charge on any atom is 0.243 e. The van der Waals surface area contributed by atoms with Gasteiger partial charge in [0.05, 0.1) is 0 Å². The molecule has 1 heterocycles. The van der Waals surface area contributed by atoms with E-state index in [1.165, 1.54) is 76.4 Å². The van der Waals surface area contributed by atoms with Gasteiger partial charge in [0, 0.05) is 36.8 Å². The van der Waals surface area contributed by atoms with Crippen LogP contribution in [0.4, 0.5) is 0 Å². The van der Waals surface area contributed by atoms with Crippen molar-refractivity contribution >= 4 is 23.4 Å². The standard InChI is InChI=1S/C39H59N3O4/c1-37(2,3)41-36(46)31-18-22-42(31)32-24-34(44)33(43)23-25(32)17-21-40-35(45)11-8-10-27-13-15-29-28-14-12-26-9-6-7-19-38(26,4)30(28)16-20-39(27,29)5/h23-24,26-31H,6-22H2,1-5H3,(H,40,45)(H,41,46)/t26?,27?,28-,29?,30?,31?,38-,39+/m0/s1. The lowest BCUT2D eigenvalue weighted by molar-refractivity contribution is -0.132. The quantitative estimate of drug-likeness (QED) is 0.219. The topological polar surface area (TPSA) is 95.6 Å². The first-order valence-electron chi connectivity index (χ1n) is 18.7. The van der Waals surface area contributed by atoms with E-state index in [1.54, 1.807) is 0 Å². The van der Waals surface area contributed by atoms with Crippen molar-refractivity contribution in [3.05, 3.63) is 23.4 Å². The summed E-state index contributed by atoms with van der Waals surface area (Å²) in [4.78, 5) is 52.3. The second-order valence-corrected chi connectivity index (χ2v) is 17.4. The maximum absolute atomic E-state index is 12.9. The lowest BCUT2D eigenvalue weighted by atomic mass is 9.45. The van der Waals surface area contributed by atoms with Gasteiger partial charge in [-0.05, 0) is 150 Å². The molecule has 2 N–H and O–H groups in total. The van der Waals surface area contributed by atoms with Crippen LogP contribution in [0.3, 0.4) is 0 Å². The Hall–Kier alpha value is -2.44. The molecule has 0 bridgehead atoms. The van der Waals surface area contributed by atoms with E-state index in [-0.39, 0.29) is 23.4 Å². The molecule has 254 valence electrons. The van der Waals surface area contributed by atoms with Crippen LogP contribution in [-0.4, -0.2) is 53.0 Å². The van der Waals surface area contributed by atoms with Gasteiger partial charge in [-0.1, -0.05) is 26.7 Å². The van der Waals surface area contributed by atoms with Gasteiger partial charge >= 0.3 is 0 Å². The average Bonchev–Trinajstić information content (AvgIpc) is 3.29. The highest BCUT2D eigenvalue weighted by molar-refractivity contribution is 6.46. The summed E-state index contributed by atoms with van der Waals surface area (Å²) in [5.41, 5.74) is 2.04. The summed E-state index contributed by atoms with van der Waals surface area (Å²) in [6.07, 6.45) is 20.7. The fraction of sp³-hybridized carbons (Fsp3) is 0.795. The van der Waals surface area contributed by atoms with Crippen LogP contribution in [0.5, 0.6) is 0 Å². The minimum Gasteiger partial charge on any atom is -0.359 e. The smallest absolute Gasteiger partial charge is 0.243 e. The van der Waals surface area contributed by atoms with Gasteiger partial charge in [0.15, 0.2) is 0 Å². The fourth-order valence-corrected chi connectivity index (χ4v) is 11.3. The van der Waals surface area contributed by atoms with E-state index in [2.05, 4.69) is 24.5 Å². The normalized spacial score (nSPS) is 37.3. The van der Waals surface area contributed by atoms with Gasteiger partial charge < -0.3 is 15.5 Å². The number of fused-ring (bicyclic) bond motifs is 5. The van der Waals surface area contributed by atoms with Gasteiger partial charge in [-0.25, -0.2) is 0 Å². The van der Waals surface area contributed by atoms with Crippen molar-refractivity contribution < 1.29 is 19.2 Å². The number of hydrogen-bond donors (Lipinski definition) is 2. The number of rotatable bonds is 9. The molecule has 5 fully saturated rings. The van der Waals surface area contributed by atoms with E-state index in [9.17, 15) is 19.2 Å². The second-order valence-electron chi connectivity index (χ2n) is 17.4. The molecule has 0 aromatic heterocycles. The summed E-state index contributed by atoms with van der Waals surface area (Å²) in [6, 6.07) is -0.359. The lowest BCUT2D eigenvalue weighted by Gasteiger charge is -2.60. The van der Waals surface area contributed by atoms with Crippen LogP contribution < -0.4 is 10.6 Å². The molecule has 7 nitrogen and oxygen atoms in total. The molecule has 46 heavy (non-hydrogen) atoms. The van der Waals surface area contributed by atoms with Crippen molar-refractivity contribution in [2.75, 3.05) is 13.1 Å². The Morgan fingerprint density at radius 2 is 1.65 bits per heavy atom. The summed E-state index contributed by atoms with van der Waals surface area (Å²) in [5.74, 6) is 3.31. The Morgan fingerprint density at radius 1 is 0.891 bits per heavy atom. The number of carbonyl (C=O) groups excluding carboxylic acids is 4. The van der Waals surface area contributed by atoms with Gasteiger partial charge in [0.1, 0.15) is 6.04 Å². The van der Waals surface area contributed by atoms with Crippen LogP contribution in [0, 0.1) is 40.4 Å². The highest BCUT2D eigenvalue weighted by Gasteiger charge is 2.59. The van der Waals surface area contributed by atoms with Crippen molar-refractivity contribution in [2.24, 2.45) is 40.4 Å². The van der Waals surface area contributed by atoms with Gasteiger partial charge in [-0.2, -0.15) is 0 Å². The molecule has 1 saturated heterocycles. The molecule has 4 saturated carbocycles. The summed E-state index contributed by atoms with van der Waals surface area (Å²) in [6.45, 7) is 12.2. The Bertz CT molecular complexity index is 1290. The number of likely N-dealkylation sites (tertiary alicyclic amines) is 1. The lowest BCUT2D eigenvalue weighted by Crippen LogP contribution is -2.58. The minimum atomic E-state index is -0.558. The van der Waals surface area contributed by atoms with E-state index in [0.29, 0.717) is 48.9 Å². The predicted octanol–water partition coefficient (Wildman–Crippen LogP) is 6.66. The van der Waals surface area contributed by atoms with Crippen molar-refractivity contribution in [3.63, 3.8) is 0 Å². The van der Waals surface area contributed by atoms with Crippen molar-refractivity contribution in [2.45, 2.75) is 143 Å². The SMILES string of the molecule is CC(C)(C)NC(=O)C1CCN1C1=CC(=O)C(=O)C=C1CCNC(=O)CCCC1CCC2[C@@H]3CCC4CCCC[C@]4(C)C3CC[C@]12C. The van der Waals surface area contributed by atoms with Crippen LogP contribution >= 0.6 is 0 Å². The van der Waals surface area contributed by atoms with Gasteiger partial charge in [0.25, 0.3) is 0 Å². The van der Waals surface area contributed by atoms with Crippen molar-refractivity contribution in [1.29, 1.82) is 0 Å². The molecule has 0 spiro atoms. The Labute approximate surface area is 277 Å². The molecule has 6 rings (SSSR count). The average molecular weight is 634 g/mol. The van der Waals surface area contributed by atoms with Crippen LogP contribution in [0.15, 0.2) is 23.4 Å². The molecular weight excluding hydrogens is 574 g/mol. The molecule has 0 aromatic carbocycles. The zero-order valence-electron chi connectivity index (χ0n) is 29.2. The summed E-state index contributed by atoms with van der Waals surface area (Å²) >= 11 is 0. The number of carbonyl (C=O) groups is 4. The molecule has 0 aromatic rings. The molecule has 0 radical (unpaired) electrons.